The summed E-state index contributed by atoms with van der Waals surface area (Å²) in [7, 11) is 1.68. The number of benzene rings is 3. The molecule has 3 aromatic rings. The molecule has 6 heteroatoms. The van der Waals surface area contributed by atoms with E-state index in [-0.39, 0.29) is 12.4 Å². The van der Waals surface area contributed by atoms with Crippen molar-refractivity contribution in [2.45, 2.75) is 33.5 Å². The summed E-state index contributed by atoms with van der Waals surface area (Å²) >= 11 is 3.66. The molecule has 0 aliphatic heterocycles. The Balaban J connectivity index is 0.00000341. The Morgan fingerprint density at radius 3 is 2.13 bits per heavy atom. The number of hydrogen-bond acceptors (Lipinski definition) is 4. The van der Waals surface area contributed by atoms with Gasteiger partial charge in [-0.3, -0.25) is 0 Å². The third-order valence-electron chi connectivity index (χ3n) is 4.69. The van der Waals surface area contributed by atoms with E-state index in [2.05, 4.69) is 70.6 Å². The minimum atomic E-state index is 0. The molecule has 0 spiro atoms. The predicted octanol–water partition coefficient (Wildman–Crippen LogP) is 6.46. The molecule has 0 fully saturated rings. The third-order valence-corrected chi connectivity index (χ3v) is 5.28. The third kappa shape index (κ3) is 7.46. The zero-order valence-corrected chi connectivity index (χ0v) is 20.5. The number of ether oxygens (including phenoxy) is 3. The molecule has 3 rings (SSSR count). The van der Waals surface area contributed by atoms with E-state index < -0.39 is 0 Å². The Morgan fingerprint density at radius 2 is 1.48 bits per heavy atom. The molecule has 0 heterocycles. The smallest absolute Gasteiger partial charge is 0.175 e. The maximum absolute atomic E-state index is 6.09. The predicted molar refractivity (Wildman–Crippen MR) is 132 cm³/mol. The molecule has 0 unspecified atom stereocenters. The molecule has 3 aromatic carbocycles. The average Bonchev–Trinajstić information content (AvgIpc) is 2.75. The average molecular weight is 507 g/mol. The number of halogens is 2. The highest BCUT2D eigenvalue weighted by Gasteiger charge is 2.13. The van der Waals surface area contributed by atoms with Crippen LogP contribution in [0.25, 0.3) is 0 Å². The molecular weight excluding hydrogens is 478 g/mol. The van der Waals surface area contributed by atoms with Crippen LogP contribution >= 0.6 is 28.3 Å². The number of rotatable bonds is 10. The summed E-state index contributed by atoms with van der Waals surface area (Å²) in [6.45, 7) is 6.63. The van der Waals surface area contributed by atoms with E-state index in [1.165, 1.54) is 11.1 Å². The fourth-order valence-corrected chi connectivity index (χ4v) is 3.66. The van der Waals surface area contributed by atoms with Gasteiger partial charge in [-0.1, -0.05) is 42.0 Å². The lowest BCUT2D eigenvalue weighted by molar-refractivity contribution is 0.267. The van der Waals surface area contributed by atoms with Crippen LogP contribution in [0.4, 0.5) is 0 Å². The summed E-state index contributed by atoms with van der Waals surface area (Å²) in [6.07, 6.45) is 0. The summed E-state index contributed by atoms with van der Waals surface area (Å²) in [5.41, 5.74) is 4.70. The second-order valence-electron chi connectivity index (χ2n) is 7.06. The molecule has 0 aromatic heterocycles. The summed E-state index contributed by atoms with van der Waals surface area (Å²) in [5, 5.41) is 3.48. The zero-order chi connectivity index (χ0) is 21.3. The van der Waals surface area contributed by atoms with Crippen molar-refractivity contribution in [3.05, 3.63) is 87.4 Å². The van der Waals surface area contributed by atoms with Gasteiger partial charge in [0.15, 0.2) is 11.5 Å². The first kappa shape index (κ1) is 25.1. The number of hydrogen-bond donors (Lipinski definition) is 1. The maximum atomic E-state index is 6.09. The minimum absolute atomic E-state index is 0. The van der Waals surface area contributed by atoms with Crippen LogP contribution in [0.2, 0.25) is 0 Å². The second-order valence-corrected chi connectivity index (χ2v) is 7.92. The fourth-order valence-electron chi connectivity index (χ4n) is 3.06. The highest BCUT2D eigenvalue weighted by atomic mass is 79.9. The molecule has 166 valence electrons. The fraction of sp³-hybridized carbons (Fsp3) is 0.280. The SMILES string of the molecule is CCOc1cc(CNCc2ccc(OC)cc2)cc(Br)c1OCc1ccc(C)cc1.Cl. The Labute approximate surface area is 199 Å². The van der Waals surface area contributed by atoms with Crippen LogP contribution in [0.1, 0.15) is 29.2 Å². The molecule has 0 bridgehead atoms. The molecule has 0 atom stereocenters. The Morgan fingerprint density at radius 1 is 0.839 bits per heavy atom. The van der Waals surface area contributed by atoms with Gasteiger partial charge in [0.25, 0.3) is 0 Å². The number of aryl methyl sites for hydroxylation is 1. The van der Waals surface area contributed by atoms with Crippen LogP contribution in [-0.2, 0) is 19.7 Å². The highest BCUT2D eigenvalue weighted by molar-refractivity contribution is 9.10. The van der Waals surface area contributed by atoms with Crippen LogP contribution < -0.4 is 19.5 Å². The Bertz CT molecular complexity index is 946. The molecule has 0 radical (unpaired) electrons. The van der Waals surface area contributed by atoms with E-state index in [1.807, 2.05) is 25.1 Å². The van der Waals surface area contributed by atoms with Gasteiger partial charge in [0.05, 0.1) is 18.2 Å². The second kappa shape index (κ2) is 12.6. The molecule has 0 aliphatic carbocycles. The van der Waals surface area contributed by atoms with Crippen molar-refractivity contribution in [2.75, 3.05) is 13.7 Å². The van der Waals surface area contributed by atoms with Crippen LogP contribution in [-0.4, -0.2) is 13.7 Å². The van der Waals surface area contributed by atoms with E-state index >= 15 is 0 Å². The number of nitrogens with one attached hydrogen (secondary N) is 1. The molecule has 0 amide bonds. The van der Waals surface area contributed by atoms with Gasteiger partial charge in [-0.15, -0.1) is 12.4 Å². The van der Waals surface area contributed by atoms with Gasteiger partial charge in [0, 0.05) is 13.1 Å². The first-order chi connectivity index (χ1) is 14.6. The van der Waals surface area contributed by atoms with E-state index in [0.29, 0.717) is 13.2 Å². The van der Waals surface area contributed by atoms with Crippen LogP contribution in [0.3, 0.4) is 0 Å². The topological polar surface area (TPSA) is 39.7 Å². The van der Waals surface area contributed by atoms with Crippen molar-refractivity contribution < 1.29 is 14.2 Å². The molecular formula is C25H29BrClNO3. The molecule has 31 heavy (non-hydrogen) atoms. The van der Waals surface area contributed by atoms with Crippen molar-refractivity contribution in [2.24, 2.45) is 0 Å². The summed E-state index contributed by atoms with van der Waals surface area (Å²) in [5.74, 6) is 2.35. The first-order valence-electron chi connectivity index (χ1n) is 10.1. The van der Waals surface area contributed by atoms with E-state index in [1.54, 1.807) is 7.11 Å². The highest BCUT2D eigenvalue weighted by Crippen LogP contribution is 2.37. The molecule has 0 aliphatic rings. The molecule has 1 N–H and O–H groups in total. The van der Waals surface area contributed by atoms with Crippen LogP contribution in [0.15, 0.2) is 65.1 Å². The van der Waals surface area contributed by atoms with Gasteiger partial charge < -0.3 is 19.5 Å². The standard InChI is InChI=1S/C25H28BrNO3.ClH/c1-4-29-24-14-21(16-27-15-19-9-11-22(28-3)12-10-19)13-23(26)25(24)30-17-20-7-5-18(2)6-8-20;/h5-14,27H,4,15-17H2,1-3H3;1H. The summed E-state index contributed by atoms with van der Waals surface area (Å²) < 4.78 is 18.0. The van der Waals surface area contributed by atoms with Gasteiger partial charge in [0.1, 0.15) is 12.4 Å². The minimum Gasteiger partial charge on any atom is -0.497 e. The molecule has 0 saturated heterocycles. The van der Waals surface area contributed by atoms with Crippen molar-refractivity contribution in [3.8, 4) is 17.2 Å². The van der Waals surface area contributed by atoms with Gasteiger partial charge in [-0.05, 0) is 70.7 Å². The lowest BCUT2D eigenvalue weighted by atomic mass is 10.1. The van der Waals surface area contributed by atoms with Crippen molar-refractivity contribution in [1.29, 1.82) is 0 Å². The molecule has 4 nitrogen and oxygen atoms in total. The van der Waals surface area contributed by atoms with Crippen molar-refractivity contribution >= 4 is 28.3 Å². The maximum Gasteiger partial charge on any atom is 0.175 e. The largest absolute Gasteiger partial charge is 0.497 e. The zero-order valence-electron chi connectivity index (χ0n) is 18.1. The van der Waals surface area contributed by atoms with Gasteiger partial charge in [-0.25, -0.2) is 0 Å². The quantitative estimate of drug-likeness (QED) is 0.343. The van der Waals surface area contributed by atoms with Crippen molar-refractivity contribution in [3.63, 3.8) is 0 Å². The Kier molecular flexibility index (Phi) is 10.2. The van der Waals surface area contributed by atoms with Crippen LogP contribution in [0.5, 0.6) is 17.2 Å². The van der Waals surface area contributed by atoms with Crippen molar-refractivity contribution in [1.82, 2.24) is 5.32 Å². The number of methoxy groups -OCH3 is 1. The van der Waals surface area contributed by atoms with Gasteiger partial charge in [0.2, 0.25) is 0 Å². The van der Waals surface area contributed by atoms with Gasteiger partial charge in [-0.2, -0.15) is 0 Å². The van der Waals surface area contributed by atoms with E-state index in [4.69, 9.17) is 14.2 Å². The normalized spacial score (nSPS) is 10.3. The van der Waals surface area contributed by atoms with Crippen LogP contribution in [0, 0.1) is 6.92 Å². The van der Waals surface area contributed by atoms with E-state index in [9.17, 15) is 0 Å². The Hall–Kier alpha value is -2.21. The monoisotopic (exact) mass is 505 g/mol. The first-order valence-corrected chi connectivity index (χ1v) is 10.9. The summed E-state index contributed by atoms with van der Waals surface area (Å²) in [4.78, 5) is 0. The van der Waals surface area contributed by atoms with E-state index in [0.717, 1.165) is 45.9 Å². The lowest BCUT2D eigenvalue weighted by Gasteiger charge is -2.16. The lowest BCUT2D eigenvalue weighted by Crippen LogP contribution is -2.13. The van der Waals surface area contributed by atoms with Gasteiger partial charge >= 0.3 is 0 Å². The summed E-state index contributed by atoms with van der Waals surface area (Å²) in [6, 6.07) is 20.5. The molecule has 0 saturated carbocycles.